The van der Waals surface area contributed by atoms with Crippen LogP contribution in [0.25, 0.3) is 10.9 Å². The number of benzene rings is 1. The second kappa shape index (κ2) is 8.96. The summed E-state index contributed by atoms with van der Waals surface area (Å²) < 4.78 is 48.6. The molecule has 1 atom stereocenters. The Morgan fingerprint density at radius 1 is 1.21 bits per heavy atom. The van der Waals surface area contributed by atoms with Gasteiger partial charge in [-0.25, -0.2) is 4.98 Å². The number of hydrogen-bond donors (Lipinski definition) is 3. The predicted molar refractivity (Wildman–Crippen MR) is 128 cm³/mol. The second-order valence-electron chi connectivity index (χ2n) is 9.68. The lowest BCUT2D eigenvalue weighted by molar-refractivity contribution is -0.266. The number of fused-ring (bicyclic) bond motifs is 2. The van der Waals surface area contributed by atoms with Gasteiger partial charge in [0.1, 0.15) is 11.6 Å². The Kier molecular flexibility index (Phi) is 6.50. The minimum Gasteiger partial charge on any atom is -0.493 e. The van der Waals surface area contributed by atoms with Crippen LogP contribution < -0.4 is 10.1 Å². The zero-order valence-electron chi connectivity index (χ0n) is 19.4. The maximum atomic E-state index is 14.3. The third-order valence-corrected chi connectivity index (χ3v) is 6.56. The largest absolute Gasteiger partial charge is 0.493 e. The number of hydrogen-bond acceptors (Lipinski definition) is 4. The highest BCUT2D eigenvalue weighted by Crippen LogP contribution is 2.47. The van der Waals surface area contributed by atoms with Crippen molar-refractivity contribution in [1.29, 1.82) is 0 Å². The van der Waals surface area contributed by atoms with Crippen molar-refractivity contribution in [3.63, 3.8) is 0 Å². The van der Waals surface area contributed by atoms with E-state index in [0.29, 0.717) is 40.7 Å². The molecular weight excluding hydrogens is 467 g/mol. The van der Waals surface area contributed by atoms with Crippen LogP contribution >= 0.6 is 11.6 Å². The van der Waals surface area contributed by atoms with E-state index in [9.17, 15) is 18.3 Å². The lowest BCUT2D eigenvalue weighted by Crippen LogP contribution is -2.51. The van der Waals surface area contributed by atoms with E-state index in [0.717, 1.165) is 23.9 Å². The molecular formula is C25H29ClF3N3O2. The van der Waals surface area contributed by atoms with Gasteiger partial charge in [0.25, 0.3) is 0 Å². The molecule has 4 rings (SSSR count). The first-order chi connectivity index (χ1) is 15.9. The summed E-state index contributed by atoms with van der Waals surface area (Å²) in [6.45, 7) is 6.59. The predicted octanol–water partition coefficient (Wildman–Crippen LogP) is 6.18. The van der Waals surface area contributed by atoms with Gasteiger partial charge >= 0.3 is 6.18 Å². The smallest absolute Gasteiger partial charge is 0.417 e. The molecule has 0 radical (unpaired) electrons. The zero-order valence-corrected chi connectivity index (χ0v) is 20.2. The number of aromatic nitrogens is 2. The first kappa shape index (κ1) is 24.7. The van der Waals surface area contributed by atoms with Crippen molar-refractivity contribution in [3.8, 4) is 5.75 Å². The van der Waals surface area contributed by atoms with Crippen LogP contribution in [-0.4, -0.2) is 40.0 Å². The highest BCUT2D eigenvalue weighted by atomic mass is 35.5. The van der Waals surface area contributed by atoms with E-state index in [4.69, 9.17) is 16.3 Å². The van der Waals surface area contributed by atoms with Gasteiger partial charge in [-0.2, -0.15) is 13.2 Å². The molecule has 1 unspecified atom stereocenters. The molecule has 34 heavy (non-hydrogen) atoms. The molecule has 1 aliphatic heterocycles. The molecule has 0 spiro atoms. The molecule has 0 amide bonds. The van der Waals surface area contributed by atoms with Gasteiger partial charge in [-0.05, 0) is 48.1 Å². The van der Waals surface area contributed by atoms with Crippen molar-refractivity contribution in [1.82, 2.24) is 9.97 Å². The van der Waals surface area contributed by atoms with Gasteiger partial charge in [0.15, 0.2) is 5.60 Å². The summed E-state index contributed by atoms with van der Waals surface area (Å²) in [4.78, 5) is 7.28. The molecule has 2 aromatic heterocycles. The average Bonchev–Trinajstić information content (AvgIpc) is 3.35. The van der Waals surface area contributed by atoms with Gasteiger partial charge in [-0.15, -0.1) is 0 Å². The summed E-state index contributed by atoms with van der Waals surface area (Å²) >= 11 is 6.26. The topological polar surface area (TPSA) is 70.2 Å². The lowest BCUT2D eigenvalue weighted by Gasteiger charge is -2.38. The normalized spacial score (nSPS) is 15.8. The quantitative estimate of drug-likeness (QED) is 0.349. The summed E-state index contributed by atoms with van der Waals surface area (Å²) in [5.41, 5.74) is -1.69. The van der Waals surface area contributed by atoms with E-state index in [1.165, 1.54) is 0 Å². The van der Waals surface area contributed by atoms with Crippen molar-refractivity contribution in [2.45, 2.75) is 63.6 Å². The van der Waals surface area contributed by atoms with Crippen LogP contribution in [0.15, 0.2) is 30.5 Å². The summed E-state index contributed by atoms with van der Waals surface area (Å²) in [6, 6.07) is 6.84. The molecule has 3 heterocycles. The number of alkyl halides is 3. The summed E-state index contributed by atoms with van der Waals surface area (Å²) in [7, 11) is 0. The molecule has 3 N–H and O–H groups in total. The minimum absolute atomic E-state index is 0.285. The number of aromatic amines is 1. The third-order valence-electron chi connectivity index (χ3n) is 6.34. The molecule has 1 aliphatic rings. The first-order valence-electron chi connectivity index (χ1n) is 11.4. The highest BCUT2D eigenvalue weighted by molar-refractivity contribution is 6.30. The SMILES string of the molecule is CCCNc1cc2cc(CC(O)(CC(C)(C)c3cc(Cl)cc4c3OCC4)C(F)(F)F)[nH]c2cn1. The maximum Gasteiger partial charge on any atom is 0.417 e. The first-order valence-corrected chi connectivity index (χ1v) is 11.8. The van der Waals surface area contributed by atoms with E-state index in [2.05, 4.69) is 15.3 Å². The molecule has 0 saturated carbocycles. The zero-order chi connectivity index (χ0) is 24.7. The van der Waals surface area contributed by atoms with E-state index in [1.54, 1.807) is 44.3 Å². The Labute approximate surface area is 201 Å². The molecule has 9 heteroatoms. The number of rotatable bonds is 8. The fraction of sp³-hybridized carbons (Fsp3) is 0.480. The number of pyridine rings is 1. The molecule has 0 bridgehead atoms. The van der Waals surface area contributed by atoms with E-state index in [1.807, 2.05) is 6.92 Å². The van der Waals surface area contributed by atoms with Crippen LogP contribution in [0.2, 0.25) is 5.02 Å². The number of aliphatic hydroxyl groups is 1. The van der Waals surface area contributed by atoms with Crippen LogP contribution in [0.5, 0.6) is 5.75 Å². The highest BCUT2D eigenvalue weighted by Gasteiger charge is 2.56. The third kappa shape index (κ3) is 4.84. The average molecular weight is 496 g/mol. The number of halogens is 4. The Bertz CT molecular complexity index is 1190. The maximum absolute atomic E-state index is 14.3. The van der Waals surface area contributed by atoms with Crippen LogP contribution in [0.3, 0.4) is 0 Å². The molecule has 184 valence electrons. The Morgan fingerprint density at radius 2 is 1.97 bits per heavy atom. The van der Waals surface area contributed by atoms with Gasteiger partial charge in [-0.1, -0.05) is 32.4 Å². The van der Waals surface area contributed by atoms with Gasteiger partial charge < -0.3 is 20.1 Å². The number of nitrogens with one attached hydrogen (secondary N) is 2. The Balaban J connectivity index is 1.65. The molecule has 0 saturated heterocycles. The molecule has 0 fully saturated rings. The van der Waals surface area contributed by atoms with Crippen LogP contribution in [0.1, 0.15) is 50.4 Å². The number of anilines is 1. The molecule has 5 nitrogen and oxygen atoms in total. The fourth-order valence-electron chi connectivity index (χ4n) is 4.71. The van der Waals surface area contributed by atoms with Crippen molar-refractivity contribution >= 4 is 28.3 Å². The van der Waals surface area contributed by atoms with Crippen molar-refractivity contribution in [2.75, 3.05) is 18.5 Å². The number of H-pyrrole nitrogens is 1. The van der Waals surface area contributed by atoms with Crippen LogP contribution in [-0.2, 0) is 18.3 Å². The summed E-state index contributed by atoms with van der Waals surface area (Å²) in [6.07, 6.45) is -2.86. The summed E-state index contributed by atoms with van der Waals surface area (Å²) in [5.74, 6) is 1.23. The lowest BCUT2D eigenvalue weighted by atomic mass is 9.73. The molecule has 1 aromatic carbocycles. The van der Waals surface area contributed by atoms with E-state index >= 15 is 0 Å². The fourth-order valence-corrected chi connectivity index (χ4v) is 4.95. The van der Waals surface area contributed by atoms with E-state index < -0.39 is 30.0 Å². The Hall–Kier alpha value is -2.45. The van der Waals surface area contributed by atoms with Gasteiger partial charge in [0.2, 0.25) is 0 Å². The number of nitrogens with zero attached hydrogens (tertiary/aromatic N) is 1. The van der Waals surface area contributed by atoms with Gasteiger partial charge in [0, 0.05) is 41.1 Å². The van der Waals surface area contributed by atoms with Crippen molar-refractivity contribution in [3.05, 3.63) is 52.3 Å². The minimum atomic E-state index is -4.85. The molecule has 0 aliphatic carbocycles. The van der Waals surface area contributed by atoms with Crippen LogP contribution in [0.4, 0.5) is 19.0 Å². The van der Waals surface area contributed by atoms with Crippen molar-refractivity contribution < 1.29 is 23.0 Å². The molecule has 3 aromatic rings. The number of ether oxygens (including phenoxy) is 1. The standard InChI is InChI=1S/C25H29ClF3N3O2/c1-4-6-30-21-10-16-9-18(32-20(16)13-31-21)12-24(33,25(27,28)29)14-23(2,3)19-11-17(26)8-15-5-7-34-22(15)19/h8-11,13,32-33H,4-7,12,14H2,1-3H3,(H,30,31). The summed E-state index contributed by atoms with van der Waals surface area (Å²) in [5, 5.41) is 15.4. The monoisotopic (exact) mass is 495 g/mol. The van der Waals surface area contributed by atoms with E-state index in [-0.39, 0.29) is 5.69 Å². The van der Waals surface area contributed by atoms with Crippen molar-refractivity contribution in [2.24, 2.45) is 0 Å². The Morgan fingerprint density at radius 3 is 2.68 bits per heavy atom. The van der Waals surface area contributed by atoms with Gasteiger partial charge in [0.05, 0.1) is 18.3 Å². The second-order valence-corrected chi connectivity index (χ2v) is 10.1. The van der Waals surface area contributed by atoms with Gasteiger partial charge in [-0.3, -0.25) is 0 Å². The van der Waals surface area contributed by atoms with Crippen LogP contribution in [0, 0.1) is 0 Å².